The molecule has 4 amide bonds. The number of amides is 4. The summed E-state index contributed by atoms with van der Waals surface area (Å²) in [6.45, 7) is 16.5. The SMILES string of the molecule is CC(C)C(C(C)C)N1C(=O)C2=c3c(ccc4c3c(c3ccc5c6c(cc(Br)c4c36)C(=O)N(C(C(C)C)C(C)C)C5=O)CC2)C1=O. The summed E-state index contributed by atoms with van der Waals surface area (Å²) in [5.41, 5.74) is 3.42. The first-order chi connectivity index (χ1) is 21.3. The molecule has 0 fully saturated rings. The Labute approximate surface area is 271 Å². The van der Waals surface area contributed by atoms with Crippen molar-refractivity contribution in [3.05, 3.63) is 62.3 Å². The van der Waals surface area contributed by atoms with Crippen molar-refractivity contribution < 1.29 is 19.2 Å². The minimum absolute atomic E-state index is 0.106. The smallest absolute Gasteiger partial charge is 0.261 e. The molecule has 7 rings (SSSR count). The van der Waals surface area contributed by atoms with Crippen LogP contribution < -0.4 is 5.22 Å². The van der Waals surface area contributed by atoms with Crippen molar-refractivity contribution in [1.82, 2.24) is 9.80 Å². The molecule has 0 spiro atoms. The third-order valence-electron chi connectivity index (χ3n) is 10.4. The van der Waals surface area contributed by atoms with E-state index in [9.17, 15) is 19.2 Å². The number of halogens is 1. The lowest BCUT2D eigenvalue weighted by Gasteiger charge is -2.40. The summed E-state index contributed by atoms with van der Waals surface area (Å²) in [5, 5.41) is 6.07. The molecule has 0 unspecified atom stereocenters. The highest BCUT2D eigenvalue weighted by molar-refractivity contribution is 9.10. The zero-order valence-electron chi connectivity index (χ0n) is 27.2. The average molecular weight is 668 g/mol. The van der Waals surface area contributed by atoms with E-state index in [0.717, 1.165) is 42.2 Å². The first-order valence-corrected chi connectivity index (χ1v) is 17.0. The Kier molecular flexibility index (Phi) is 6.83. The second kappa shape index (κ2) is 10.2. The number of rotatable bonds is 6. The lowest BCUT2D eigenvalue weighted by Crippen LogP contribution is -2.54. The molecule has 0 aromatic heterocycles. The predicted molar refractivity (Wildman–Crippen MR) is 182 cm³/mol. The molecule has 0 radical (unpaired) electrons. The molecule has 6 nitrogen and oxygen atoms in total. The van der Waals surface area contributed by atoms with Gasteiger partial charge in [0.05, 0.1) is 0 Å². The van der Waals surface area contributed by atoms with Crippen LogP contribution in [0.1, 0.15) is 98.4 Å². The zero-order valence-corrected chi connectivity index (χ0v) is 28.8. The van der Waals surface area contributed by atoms with Crippen LogP contribution in [0.2, 0.25) is 0 Å². The van der Waals surface area contributed by atoms with E-state index in [4.69, 9.17) is 0 Å². The summed E-state index contributed by atoms with van der Waals surface area (Å²) in [4.78, 5) is 59.6. The molecule has 1 aliphatic carbocycles. The zero-order chi connectivity index (χ0) is 32.4. The van der Waals surface area contributed by atoms with Crippen LogP contribution in [0, 0.1) is 23.7 Å². The van der Waals surface area contributed by atoms with E-state index in [1.165, 1.54) is 9.80 Å². The number of nitrogens with zero attached hydrogens (tertiary/aromatic N) is 2. The Morgan fingerprint density at radius 3 is 1.67 bits per heavy atom. The Bertz CT molecular complexity index is 2070. The summed E-state index contributed by atoms with van der Waals surface area (Å²) < 4.78 is 0.758. The van der Waals surface area contributed by atoms with Crippen LogP contribution in [0.15, 0.2) is 34.8 Å². The van der Waals surface area contributed by atoms with Crippen LogP contribution in [0.3, 0.4) is 0 Å². The van der Waals surface area contributed by atoms with E-state index in [1.807, 2.05) is 30.3 Å². The molecule has 0 bridgehead atoms. The Morgan fingerprint density at radius 2 is 1.07 bits per heavy atom. The van der Waals surface area contributed by atoms with Gasteiger partial charge < -0.3 is 0 Å². The van der Waals surface area contributed by atoms with Crippen LogP contribution in [0.25, 0.3) is 37.9 Å². The predicted octanol–water partition coefficient (Wildman–Crippen LogP) is 7.66. The normalized spacial score (nSPS) is 16.7. The number of carbonyl (C=O) groups is 4. The van der Waals surface area contributed by atoms with Gasteiger partial charge in [-0.15, -0.1) is 0 Å². The van der Waals surface area contributed by atoms with Gasteiger partial charge in [-0.3, -0.25) is 29.0 Å². The van der Waals surface area contributed by atoms with E-state index < -0.39 is 0 Å². The van der Waals surface area contributed by atoms with E-state index in [2.05, 4.69) is 71.3 Å². The molecule has 0 saturated heterocycles. The van der Waals surface area contributed by atoms with Crippen LogP contribution in [-0.4, -0.2) is 45.5 Å². The van der Waals surface area contributed by atoms with Gasteiger partial charge in [-0.2, -0.15) is 0 Å². The maximum Gasteiger partial charge on any atom is 0.261 e. The van der Waals surface area contributed by atoms with E-state index in [-0.39, 0.29) is 59.4 Å². The van der Waals surface area contributed by atoms with Gasteiger partial charge in [-0.05, 0) is 81.8 Å². The molecule has 2 aliphatic heterocycles. The molecule has 2 heterocycles. The minimum Gasteiger partial charge on any atom is -0.271 e. The van der Waals surface area contributed by atoms with Gasteiger partial charge >= 0.3 is 0 Å². The van der Waals surface area contributed by atoms with Crippen molar-refractivity contribution in [2.45, 2.75) is 80.3 Å². The number of fused-ring (bicyclic) bond motifs is 2. The average Bonchev–Trinajstić information content (AvgIpc) is 2.97. The van der Waals surface area contributed by atoms with Crippen molar-refractivity contribution in [2.24, 2.45) is 23.7 Å². The minimum atomic E-state index is -0.258. The summed E-state index contributed by atoms with van der Waals surface area (Å²) in [6.07, 6.45) is 1.16. The number of hydrogen-bond donors (Lipinski definition) is 0. The Morgan fingerprint density at radius 1 is 0.556 bits per heavy atom. The second-order valence-corrected chi connectivity index (χ2v) is 15.3. The van der Waals surface area contributed by atoms with Crippen LogP contribution in [-0.2, 0) is 11.2 Å². The number of aryl methyl sites for hydroxylation is 1. The number of imide groups is 2. The van der Waals surface area contributed by atoms with Gasteiger partial charge in [0.2, 0.25) is 0 Å². The molecule has 45 heavy (non-hydrogen) atoms. The third-order valence-corrected chi connectivity index (χ3v) is 11.0. The monoisotopic (exact) mass is 666 g/mol. The van der Waals surface area contributed by atoms with Crippen LogP contribution >= 0.6 is 15.9 Å². The first-order valence-electron chi connectivity index (χ1n) is 16.2. The molecular formula is C38H39BrN2O4. The molecule has 7 heteroatoms. The van der Waals surface area contributed by atoms with Gasteiger partial charge in [-0.1, -0.05) is 83.5 Å². The van der Waals surface area contributed by atoms with Crippen molar-refractivity contribution >= 4 is 77.4 Å². The second-order valence-electron chi connectivity index (χ2n) is 14.5. The van der Waals surface area contributed by atoms with Crippen molar-refractivity contribution in [2.75, 3.05) is 0 Å². The van der Waals surface area contributed by atoms with Crippen molar-refractivity contribution in [3.63, 3.8) is 0 Å². The molecule has 232 valence electrons. The van der Waals surface area contributed by atoms with Gasteiger partial charge in [0.15, 0.2) is 0 Å². The third kappa shape index (κ3) is 3.92. The summed E-state index contributed by atoms with van der Waals surface area (Å²) in [5.74, 6) is -0.445. The number of benzene rings is 4. The largest absolute Gasteiger partial charge is 0.271 e. The molecule has 4 aromatic rings. The fourth-order valence-electron chi connectivity index (χ4n) is 8.99. The van der Waals surface area contributed by atoms with E-state index in [0.29, 0.717) is 40.5 Å². The Hall–Kier alpha value is -3.58. The summed E-state index contributed by atoms with van der Waals surface area (Å²) in [7, 11) is 0. The maximum absolute atomic E-state index is 14.2. The molecule has 3 aliphatic rings. The lowest BCUT2D eigenvalue weighted by atomic mass is 9.78. The quantitative estimate of drug-likeness (QED) is 0.120. The summed E-state index contributed by atoms with van der Waals surface area (Å²) >= 11 is 3.83. The first kappa shape index (κ1) is 30.1. The molecule has 4 aromatic carbocycles. The lowest BCUT2D eigenvalue weighted by molar-refractivity contribution is -0.126. The fraction of sp³-hybridized carbons (Fsp3) is 0.421. The van der Waals surface area contributed by atoms with Crippen molar-refractivity contribution in [1.29, 1.82) is 0 Å². The highest BCUT2D eigenvalue weighted by Crippen LogP contribution is 2.47. The van der Waals surface area contributed by atoms with Gasteiger partial charge in [0.1, 0.15) is 0 Å². The van der Waals surface area contributed by atoms with E-state index in [1.54, 1.807) is 0 Å². The van der Waals surface area contributed by atoms with Crippen LogP contribution in [0.4, 0.5) is 0 Å². The Balaban J connectivity index is 1.55. The van der Waals surface area contributed by atoms with Gasteiger partial charge in [0.25, 0.3) is 23.6 Å². The highest BCUT2D eigenvalue weighted by atomic mass is 79.9. The molecule has 0 atom stereocenters. The number of hydrogen-bond acceptors (Lipinski definition) is 4. The maximum atomic E-state index is 14.2. The van der Waals surface area contributed by atoms with Gasteiger partial charge in [0, 0.05) is 54.8 Å². The molecular weight excluding hydrogens is 628 g/mol. The topological polar surface area (TPSA) is 74.8 Å². The number of carbonyl (C=O) groups excluding carboxylic acids is 4. The van der Waals surface area contributed by atoms with Gasteiger partial charge in [-0.25, -0.2) is 0 Å². The van der Waals surface area contributed by atoms with E-state index >= 15 is 0 Å². The van der Waals surface area contributed by atoms with Crippen molar-refractivity contribution in [3.8, 4) is 0 Å². The molecule has 0 N–H and O–H groups in total. The fourth-order valence-corrected chi connectivity index (χ4v) is 9.63. The van der Waals surface area contributed by atoms with Crippen LogP contribution in [0.5, 0.6) is 0 Å². The molecule has 0 saturated carbocycles. The standard InChI is InChI=1S/C38H39BrN2O4/c1-16(2)33(17(3)4)40-35(42)23-12-9-20-21-10-13-25-30-26(38(45)41(37(25)44)34(18(5)6)19(7)8)15-27(39)31(32(21)30)22-11-14-24(36(40)43)29(23)28(20)22/h10-11,13-19,33-34H,9,12H2,1-8H3. The highest BCUT2D eigenvalue weighted by Gasteiger charge is 2.43. The summed E-state index contributed by atoms with van der Waals surface area (Å²) in [6, 6.07) is 9.19.